The zero-order valence-corrected chi connectivity index (χ0v) is 10.5. The molecule has 88 valence electrons. The number of aryl methyl sites for hydroxylation is 1. The lowest BCUT2D eigenvalue weighted by molar-refractivity contribution is 0.628. The molecule has 0 atom stereocenters. The number of rotatable bonds is 2. The van der Waals surface area contributed by atoms with Gasteiger partial charge >= 0.3 is 0 Å². The largest absolute Gasteiger partial charge is 0.206 e. The molecule has 0 aromatic heterocycles. The second-order valence-corrected chi connectivity index (χ2v) is 4.71. The van der Waals surface area contributed by atoms with Gasteiger partial charge in [-0.1, -0.05) is 44.2 Å². The predicted octanol–water partition coefficient (Wildman–Crippen LogP) is 4.92. The molecule has 2 aromatic carbocycles. The van der Waals surface area contributed by atoms with Crippen molar-refractivity contribution in [1.82, 2.24) is 0 Å². The number of hydrogen-bond donors (Lipinski definition) is 0. The second-order valence-electron chi connectivity index (χ2n) is 4.71. The van der Waals surface area contributed by atoms with Gasteiger partial charge in [0.2, 0.25) is 0 Å². The zero-order valence-electron chi connectivity index (χ0n) is 10.5. The summed E-state index contributed by atoms with van der Waals surface area (Å²) in [6.45, 7) is 6.23. The molecule has 2 rings (SSSR count). The van der Waals surface area contributed by atoms with Crippen LogP contribution in [0.2, 0.25) is 0 Å². The van der Waals surface area contributed by atoms with E-state index in [4.69, 9.17) is 0 Å². The average Bonchev–Trinajstić information content (AvgIpc) is 2.29. The lowest BCUT2D eigenvalue weighted by atomic mass is 9.93. The fourth-order valence-corrected chi connectivity index (χ4v) is 2.15. The maximum Gasteiger partial charge on any atom is 0.131 e. The molecule has 0 bridgehead atoms. The van der Waals surface area contributed by atoms with Crippen LogP contribution in [-0.4, -0.2) is 0 Å². The molecule has 0 heterocycles. The Morgan fingerprint density at radius 3 is 2.24 bits per heavy atom. The van der Waals surface area contributed by atoms with Gasteiger partial charge in [-0.2, -0.15) is 0 Å². The van der Waals surface area contributed by atoms with Crippen molar-refractivity contribution >= 4 is 0 Å². The first kappa shape index (κ1) is 11.8. The summed E-state index contributed by atoms with van der Waals surface area (Å²) >= 11 is 0. The summed E-state index contributed by atoms with van der Waals surface area (Å²) in [5.74, 6) is 0.274. The molecule has 0 aliphatic heterocycles. The van der Waals surface area contributed by atoms with Crippen molar-refractivity contribution in [1.29, 1.82) is 0 Å². The summed E-state index contributed by atoms with van der Waals surface area (Å²) in [4.78, 5) is 0. The molecule has 0 saturated carbocycles. The van der Waals surface area contributed by atoms with Gasteiger partial charge in [0.1, 0.15) is 5.82 Å². The van der Waals surface area contributed by atoms with E-state index < -0.39 is 0 Å². The molecule has 1 heteroatoms. The van der Waals surface area contributed by atoms with E-state index in [0.717, 1.165) is 11.1 Å². The van der Waals surface area contributed by atoms with Gasteiger partial charge in [0.25, 0.3) is 0 Å². The van der Waals surface area contributed by atoms with Crippen LogP contribution in [-0.2, 0) is 0 Å². The van der Waals surface area contributed by atoms with E-state index >= 15 is 0 Å². The second kappa shape index (κ2) is 4.70. The molecular weight excluding hydrogens is 211 g/mol. The molecule has 0 spiro atoms. The Kier molecular flexibility index (Phi) is 3.28. The van der Waals surface area contributed by atoms with E-state index in [1.54, 1.807) is 6.07 Å². The molecule has 0 saturated heterocycles. The van der Waals surface area contributed by atoms with E-state index in [0.29, 0.717) is 11.5 Å². The highest BCUT2D eigenvalue weighted by Gasteiger charge is 2.11. The molecule has 2 aromatic rings. The molecule has 0 fully saturated rings. The first-order valence-electron chi connectivity index (χ1n) is 5.95. The normalized spacial score (nSPS) is 10.9. The number of benzene rings is 2. The van der Waals surface area contributed by atoms with E-state index in [9.17, 15) is 4.39 Å². The maximum atomic E-state index is 14.0. The lowest BCUT2D eigenvalue weighted by Crippen LogP contribution is -1.95. The molecule has 0 amide bonds. The van der Waals surface area contributed by atoms with Crippen LogP contribution in [0.4, 0.5) is 4.39 Å². The van der Waals surface area contributed by atoms with Crippen LogP contribution in [0.1, 0.15) is 30.9 Å². The number of hydrogen-bond acceptors (Lipinski definition) is 0. The summed E-state index contributed by atoms with van der Waals surface area (Å²) < 4.78 is 14.0. The fourth-order valence-electron chi connectivity index (χ4n) is 2.15. The van der Waals surface area contributed by atoms with Gasteiger partial charge in [-0.05, 0) is 41.7 Å². The van der Waals surface area contributed by atoms with Gasteiger partial charge < -0.3 is 0 Å². The predicted molar refractivity (Wildman–Crippen MR) is 70.7 cm³/mol. The quantitative estimate of drug-likeness (QED) is 0.684. The third kappa shape index (κ3) is 2.38. The fraction of sp³-hybridized carbons (Fsp3) is 0.250. The topological polar surface area (TPSA) is 0 Å². The van der Waals surface area contributed by atoms with Crippen molar-refractivity contribution in [2.75, 3.05) is 0 Å². The van der Waals surface area contributed by atoms with Crippen LogP contribution in [0.3, 0.4) is 0 Å². The Labute approximate surface area is 102 Å². The average molecular weight is 228 g/mol. The minimum atomic E-state index is -0.141. The van der Waals surface area contributed by atoms with Gasteiger partial charge in [0.05, 0.1) is 0 Å². The smallest absolute Gasteiger partial charge is 0.131 e. The van der Waals surface area contributed by atoms with Gasteiger partial charge in [0, 0.05) is 5.56 Å². The Morgan fingerprint density at radius 1 is 1.00 bits per heavy atom. The highest BCUT2D eigenvalue weighted by atomic mass is 19.1. The molecule has 0 unspecified atom stereocenters. The first-order chi connectivity index (χ1) is 8.09. The SMILES string of the molecule is Cc1cc(F)c(-c2ccccc2)cc1C(C)C. The van der Waals surface area contributed by atoms with Crippen LogP contribution in [0.25, 0.3) is 11.1 Å². The summed E-state index contributed by atoms with van der Waals surface area (Å²) in [6.07, 6.45) is 0. The number of halogens is 1. The summed E-state index contributed by atoms with van der Waals surface area (Å²) in [7, 11) is 0. The minimum Gasteiger partial charge on any atom is -0.206 e. The monoisotopic (exact) mass is 228 g/mol. The van der Waals surface area contributed by atoms with Gasteiger partial charge in [0.15, 0.2) is 0 Å². The molecular formula is C16H17F. The molecule has 0 aliphatic carbocycles. The highest BCUT2D eigenvalue weighted by Crippen LogP contribution is 2.29. The maximum absolute atomic E-state index is 14.0. The third-order valence-electron chi connectivity index (χ3n) is 3.06. The molecule has 0 nitrogen and oxygen atoms in total. The Hall–Kier alpha value is -1.63. The first-order valence-corrected chi connectivity index (χ1v) is 5.95. The Bertz CT molecular complexity index is 513. The Morgan fingerprint density at radius 2 is 1.65 bits per heavy atom. The standard InChI is InChI=1S/C16H17F/c1-11(2)14-10-15(16(17)9-12(14)3)13-7-5-4-6-8-13/h4-11H,1-3H3. The van der Waals surface area contributed by atoms with Crippen molar-refractivity contribution < 1.29 is 4.39 Å². The van der Waals surface area contributed by atoms with E-state index in [1.807, 2.05) is 43.3 Å². The zero-order chi connectivity index (χ0) is 12.4. The van der Waals surface area contributed by atoms with Gasteiger partial charge in [-0.3, -0.25) is 0 Å². The molecule has 0 aliphatic rings. The van der Waals surface area contributed by atoms with Gasteiger partial charge in [-0.15, -0.1) is 0 Å². The van der Waals surface area contributed by atoms with Crippen molar-refractivity contribution in [2.24, 2.45) is 0 Å². The minimum absolute atomic E-state index is 0.141. The Balaban J connectivity index is 2.59. The molecule has 0 radical (unpaired) electrons. The van der Waals surface area contributed by atoms with E-state index in [-0.39, 0.29) is 5.82 Å². The van der Waals surface area contributed by atoms with Gasteiger partial charge in [-0.25, -0.2) is 4.39 Å². The molecule has 17 heavy (non-hydrogen) atoms. The van der Waals surface area contributed by atoms with Crippen molar-refractivity contribution in [2.45, 2.75) is 26.7 Å². The van der Waals surface area contributed by atoms with Crippen molar-refractivity contribution in [3.05, 3.63) is 59.4 Å². The van der Waals surface area contributed by atoms with Crippen LogP contribution in [0.5, 0.6) is 0 Å². The van der Waals surface area contributed by atoms with E-state index in [1.165, 1.54) is 5.56 Å². The lowest BCUT2D eigenvalue weighted by Gasteiger charge is -2.13. The summed E-state index contributed by atoms with van der Waals surface area (Å²) in [5.41, 5.74) is 3.87. The van der Waals surface area contributed by atoms with Crippen LogP contribution in [0.15, 0.2) is 42.5 Å². The van der Waals surface area contributed by atoms with Crippen LogP contribution in [0, 0.1) is 12.7 Å². The van der Waals surface area contributed by atoms with Crippen LogP contribution < -0.4 is 0 Å². The summed E-state index contributed by atoms with van der Waals surface area (Å²) in [5, 5.41) is 0. The molecule has 0 N–H and O–H groups in total. The third-order valence-corrected chi connectivity index (χ3v) is 3.06. The van der Waals surface area contributed by atoms with Crippen molar-refractivity contribution in [3.63, 3.8) is 0 Å². The summed E-state index contributed by atoms with van der Waals surface area (Å²) in [6, 6.07) is 13.3. The van der Waals surface area contributed by atoms with Crippen molar-refractivity contribution in [3.8, 4) is 11.1 Å². The van der Waals surface area contributed by atoms with Crippen LogP contribution >= 0.6 is 0 Å². The van der Waals surface area contributed by atoms with E-state index in [2.05, 4.69) is 13.8 Å². The highest BCUT2D eigenvalue weighted by molar-refractivity contribution is 5.65.